The summed E-state index contributed by atoms with van der Waals surface area (Å²) in [5.41, 5.74) is 0.887. The summed E-state index contributed by atoms with van der Waals surface area (Å²) in [5, 5.41) is 9.89. The van der Waals surface area contributed by atoms with Crippen LogP contribution in [-0.4, -0.2) is 82.8 Å². The molecule has 1 amide bonds. The highest BCUT2D eigenvalue weighted by Gasteiger charge is 2.38. The first kappa shape index (κ1) is 25.1. The van der Waals surface area contributed by atoms with Crippen molar-refractivity contribution < 1.29 is 17.9 Å². The summed E-state index contributed by atoms with van der Waals surface area (Å²) in [6.07, 6.45) is 5.97. The van der Waals surface area contributed by atoms with Gasteiger partial charge in [-0.1, -0.05) is 25.0 Å². The van der Waals surface area contributed by atoms with Crippen LogP contribution in [0.1, 0.15) is 44.1 Å². The molecule has 1 aromatic rings. The molecule has 3 aliphatic heterocycles. The standard InChI is InChI=1S/C25H39N5O4S/c31-25(23-15-19-17-26-10-9-21(19)28-23)27-16-18-5-7-20(8-6-18)35(32,33)29-22-3-1-2-4-24(22)30-11-13-34-14-12-30/h5-8,19,21-24,26,28-29H,1-4,9-17H2,(H,27,31). The number of nitrogens with zero attached hydrogens (tertiary/aromatic N) is 1. The van der Waals surface area contributed by atoms with Crippen LogP contribution >= 0.6 is 0 Å². The first-order chi connectivity index (χ1) is 17.0. The second kappa shape index (κ2) is 11.2. The zero-order chi connectivity index (χ0) is 24.3. The number of benzene rings is 1. The molecular weight excluding hydrogens is 466 g/mol. The lowest BCUT2D eigenvalue weighted by molar-refractivity contribution is -0.123. The minimum atomic E-state index is -3.62. The van der Waals surface area contributed by atoms with E-state index in [9.17, 15) is 13.2 Å². The lowest BCUT2D eigenvalue weighted by Crippen LogP contribution is -2.55. The summed E-state index contributed by atoms with van der Waals surface area (Å²) in [5.74, 6) is 0.535. The van der Waals surface area contributed by atoms with Crippen LogP contribution in [-0.2, 0) is 26.1 Å². The molecule has 5 atom stereocenters. The summed E-state index contributed by atoms with van der Waals surface area (Å²) >= 11 is 0. The molecular formula is C25H39N5O4S. The average molecular weight is 506 g/mol. The number of hydrogen-bond donors (Lipinski definition) is 4. The monoisotopic (exact) mass is 505 g/mol. The lowest BCUT2D eigenvalue weighted by atomic mass is 9.89. The van der Waals surface area contributed by atoms with Gasteiger partial charge >= 0.3 is 0 Å². The fourth-order valence-electron chi connectivity index (χ4n) is 6.16. The molecule has 10 heteroatoms. The van der Waals surface area contributed by atoms with Crippen LogP contribution in [0, 0.1) is 5.92 Å². The third-order valence-electron chi connectivity index (χ3n) is 8.13. The molecule has 4 aliphatic rings. The molecule has 1 saturated carbocycles. The van der Waals surface area contributed by atoms with E-state index >= 15 is 0 Å². The van der Waals surface area contributed by atoms with Crippen molar-refractivity contribution in [1.82, 2.24) is 25.6 Å². The Labute approximate surface area is 208 Å². The first-order valence-corrected chi connectivity index (χ1v) is 14.7. The van der Waals surface area contributed by atoms with E-state index in [1.54, 1.807) is 24.3 Å². The normalized spacial score (nSPS) is 32.2. The Morgan fingerprint density at radius 3 is 2.63 bits per heavy atom. The zero-order valence-electron chi connectivity index (χ0n) is 20.4. The van der Waals surface area contributed by atoms with Crippen molar-refractivity contribution in [3.8, 4) is 0 Å². The maximum atomic E-state index is 13.2. The van der Waals surface area contributed by atoms with Crippen LogP contribution in [0.4, 0.5) is 0 Å². The molecule has 0 bridgehead atoms. The SMILES string of the molecule is O=C(NCc1ccc(S(=O)(=O)NC2CCCCC2N2CCOCC2)cc1)C1CC2CNCCC2N1. The number of piperidine rings is 1. The summed E-state index contributed by atoms with van der Waals surface area (Å²) in [6.45, 7) is 5.50. The molecule has 4 N–H and O–H groups in total. The fourth-order valence-corrected chi connectivity index (χ4v) is 7.47. The van der Waals surface area contributed by atoms with Gasteiger partial charge in [-0.25, -0.2) is 13.1 Å². The number of fused-ring (bicyclic) bond motifs is 1. The van der Waals surface area contributed by atoms with Crippen LogP contribution in [0.5, 0.6) is 0 Å². The molecule has 4 fully saturated rings. The minimum absolute atomic E-state index is 0.0178. The van der Waals surface area contributed by atoms with Crippen molar-refractivity contribution in [2.45, 2.75) is 74.1 Å². The van der Waals surface area contributed by atoms with E-state index in [4.69, 9.17) is 4.74 Å². The predicted octanol–water partition coefficient (Wildman–Crippen LogP) is 0.565. The number of morpholine rings is 1. The molecule has 5 rings (SSSR count). The Hall–Kier alpha value is -1.56. The molecule has 9 nitrogen and oxygen atoms in total. The molecule has 3 saturated heterocycles. The Balaban J connectivity index is 1.15. The minimum Gasteiger partial charge on any atom is -0.379 e. The van der Waals surface area contributed by atoms with Crippen molar-refractivity contribution >= 4 is 15.9 Å². The van der Waals surface area contributed by atoms with Crippen LogP contribution in [0.15, 0.2) is 29.2 Å². The van der Waals surface area contributed by atoms with Crippen LogP contribution in [0.3, 0.4) is 0 Å². The molecule has 0 spiro atoms. The third-order valence-corrected chi connectivity index (χ3v) is 9.63. The smallest absolute Gasteiger partial charge is 0.240 e. The topological polar surface area (TPSA) is 112 Å². The van der Waals surface area contributed by atoms with Gasteiger partial charge in [0.05, 0.1) is 24.2 Å². The van der Waals surface area contributed by atoms with E-state index in [0.717, 1.165) is 70.3 Å². The van der Waals surface area contributed by atoms with Crippen molar-refractivity contribution in [3.05, 3.63) is 29.8 Å². The van der Waals surface area contributed by atoms with Gasteiger partial charge < -0.3 is 20.7 Å². The van der Waals surface area contributed by atoms with Crippen molar-refractivity contribution in [2.75, 3.05) is 39.4 Å². The molecule has 3 heterocycles. The Bertz CT molecular complexity index is 953. The number of rotatable bonds is 7. The number of amides is 1. The second-order valence-corrected chi connectivity index (χ2v) is 12.1. The number of carbonyl (C=O) groups excluding carboxylic acids is 1. The Morgan fingerprint density at radius 1 is 1.09 bits per heavy atom. The predicted molar refractivity (Wildman–Crippen MR) is 133 cm³/mol. The van der Waals surface area contributed by atoms with Gasteiger partial charge in [0, 0.05) is 37.8 Å². The third kappa shape index (κ3) is 6.06. The molecule has 0 aromatic heterocycles. The Kier molecular flexibility index (Phi) is 8.05. The summed E-state index contributed by atoms with van der Waals surface area (Å²) < 4.78 is 34.8. The van der Waals surface area contributed by atoms with E-state index in [0.29, 0.717) is 31.7 Å². The van der Waals surface area contributed by atoms with Crippen LogP contribution in [0.25, 0.3) is 0 Å². The number of ether oxygens (including phenoxy) is 1. The second-order valence-electron chi connectivity index (χ2n) is 10.4. The quantitative estimate of drug-likeness (QED) is 0.429. The van der Waals surface area contributed by atoms with Crippen molar-refractivity contribution in [3.63, 3.8) is 0 Å². The number of hydrogen-bond acceptors (Lipinski definition) is 7. The molecule has 0 radical (unpaired) electrons. The highest BCUT2D eigenvalue weighted by atomic mass is 32.2. The largest absolute Gasteiger partial charge is 0.379 e. The van der Waals surface area contributed by atoms with Gasteiger partial charge in [-0.2, -0.15) is 0 Å². The molecule has 1 aromatic carbocycles. The van der Waals surface area contributed by atoms with Gasteiger partial charge in [0.25, 0.3) is 0 Å². The highest BCUT2D eigenvalue weighted by Crippen LogP contribution is 2.26. The van der Waals surface area contributed by atoms with E-state index in [2.05, 4.69) is 25.6 Å². The van der Waals surface area contributed by atoms with E-state index in [1.165, 1.54) is 0 Å². The molecule has 1 aliphatic carbocycles. The number of nitrogens with one attached hydrogen (secondary N) is 4. The summed E-state index contributed by atoms with van der Waals surface area (Å²) in [6, 6.07) is 7.29. The van der Waals surface area contributed by atoms with Crippen molar-refractivity contribution in [1.29, 1.82) is 0 Å². The van der Waals surface area contributed by atoms with Crippen molar-refractivity contribution in [2.24, 2.45) is 5.92 Å². The first-order valence-electron chi connectivity index (χ1n) is 13.2. The maximum Gasteiger partial charge on any atom is 0.240 e. The summed E-state index contributed by atoms with van der Waals surface area (Å²) in [4.78, 5) is 15.3. The van der Waals surface area contributed by atoms with Crippen LogP contribution < -0.4 is 20.7 Å². The molecule has 194 valence electrons. The zero-order valence-corrected chi connectivity index (χ0v) is 21.2. The molecule has 35 heavy (non-hydrogen) atoms. The van der Waals surface area contributed by atoms with Gasteiger partial charge in [0.15, 0.2) is 0 Å². The fraction of sp³-hybridized carbons (Fsp3) is 0.720. The van der Waals surface area contributed by atoms with E-state index in [1.807, 2.05) is 0 Å². The van der Waals surface area contributed by atoms with Gasteiger partial charge in [0.1, 0.15) is 0 Å². The molecule has 5 unspecified atom stereocenters. The lowest BCUT2D eigenvalue weighted by Gasteiger charge is -2.41. The number of carbonyl (C=O) groups is 1. The van der Waals surface area contributed by atoms with E-state index < -0.39 is 10.0 Å². The van der Waals surface area contributed by atoms with E-state index in [-0.39, 0.29) is 28.9 Å². The maximum absolute atomic E-state index is 13.2. The average Bonchev–Trinajstić information content (AvgIpc) is 3.33. The van der Waals surface area contributed by atoms with Crippen LogP contribution in [0.2, 0.25) is 0 Å². The Morgan fingerprint density at radius 2 is 1.86 bits per heavy atom. The van der Waals surface area contributed by atoms with Gasteiger partial charge in [-0.15, -0.1) is 0 Å². The number of sulfonamides is 1. The van der Waals surface area contributed by atoms with Gasteiger partial charge in [-0.05, 0) is 62.4 Å². The highest BCUT2D eigenvalue weighted by molar-refractivity contribution is 7.89. The van der Waals surface area contributed by atoms with Gasteiger partial charge in [0.2, 0.25) is 15.9 Å². The summed E-state index contributed by atoms with van der Waals surface area (Å²) in [7, 11) is -3.62. The van der Waals surface area contributed by atoms with Gasteiger partial charge in [-0.3, -0.25) is 9.69 Å².